The van der Waals surface area contributed by atoms with E-state index in [0.29, 0.717) is 16.4 Å². The van der Waals surface area contributed by atoms with Crippen LogP contribution in [-0.4, -0.2) is 12.1 Å². The molecule has 82 valence electrons. The van der Waals surface area contributed by atoms with E-state index in [0.717, 1.165) is 0 Å². The second kappa shape index (κ2) is 4.89. The van der Waals surface area contributed by atoms with Gasteiger partial charge in [0.15, 0.2) is 0 Å². The standard InChI is InChI=1S/C10H14ClN3O/c1-6(2)13-10(15)14-9-4-3-7(11)5-8(9)12/h3-6H,12H2,1-2H3,(H2,13,14,15). The average molecular weight is 228 g/mol. The molecule has 0 aromatic heterocycles. The van der Waals surface area contributed by atoms with Crippen LogP contribution >= 0.6 is 11.6 Å². The third kappa shape index (κ3) is 3.67. The molecular formula is C10H14ClN3O. The van der Waals surface area contributed by atoms with E-state index >= 15 is 0 Å². The number of carbonyl (C=O) groups is 1. The molecule has 1 rings (SSSR count). The first-order valence-electron chi connectivity index (χ1n) is 4.61. The summed E-state index contributed by atoms with van der Waals surface area (Å²) in [7, 11) is 0. The van der Waals surface area contributed by atoms with Crippen LogP contribution in [0.4, 0.5) is 16.2 Å². The largest absolute Gasteiger partial charge is 0.397 e. The van der Waals surface area contributed by atoms with Crippen molar-refractivity contribution in [1.82, 2.24) is 5.32 Å². The summed E-state index contributed by atoms with van der Waals surface area (Å²) in [6.45, 7) is 3.76. The molecule has 0 radical (unpaired) electrons. The normalized spacial score (nSPS) is 10.1. The molecule has 0 unspecified atom stereocenters. The average Bonchev–Trinajstić information content (AvgIpc) is 2.08. The monoisotopic (exact) mass is 227 g/mol. The van der Waals surface area contributed by atoms with Gasteiger partial charge >= 0.3 is 6.03 Å². The third-order valence-corrected chi connectivity index (χ3v) is 1.92. The number of urea groups is 1. The Hall–Kier alpha value is -1.42. The highest BCUT2D eigenvalue weighted by Crippen LogP contribution is 2.22. The minimum atomic E-state index is -0.279. The Bertz CT molecular complexity index is 366. The van der Waals surface area contributed by atoms with Crippen LogP contribution in [0, 0.1) is 0 Å². The molecule has 1 aromatic rings. The van der Waals surface area contributed by atoms with Gasteiger partial charge in [-0.25, -0.2) is 4.79 Å². The van der Waals surface area contributed by atoms with Crippen LogP contribution in [0.2, 0.25) is 5.02 Å². The van der Waals surface area contributed by atoms with Crippen LogP contribution in [0.1, 0.15) is 13.8 Å². The Morgan fingerprint density at radius 3 is 2.67 bits per heavy atom. The predicted molar refractivity (Wildman–Crippen MR) is 63.2 cm³/mol. The van der Waals surface area contributed by atoms with E-state index in [9.17, 15) is 4.79 Å². The van der Waals surface area contributed by atoms with E-state index in [1.807, 2.05) is 13.8 Å². The van der Waals surface area contributed by atoms with E-state index in [-0.39, 0.29) is 12.1 Å². The zero-order valence-corrected chi connectivity index (χ0v) is 9.43. The first-order chi connectivity index (χ1) is 6.99. The number of halogens is 1. The van der Waals surface area contributed by atoms with Crippen LogP contribution in [0.25, 0.3) is 0 Å². The van der Waals surface area contributed by atoms with Crippen LogP contribution in [0.15, 0.2) is 18.2 Å². The second-order valence-corrected chi connectivity index (χ2v) is 3.92. The molecule has 0 aliphatic heterocycles. The van der Waals surface area contributed by atoms with Crippen molar-refractivity contribution >= 4 is 29.0 Å². The van der Waals surface area contributed by atoms with Crippen molar-refractivity contribution in [2.24, 2.45) is 0 Å². The highest BCUT2D eigenvalue weighted by Gasteiger charge is 2.05. The molecule has 0 aliphatic rings. The summed E-state index contributed by atoms with van der Waals surface area (Å²) in [6, 6.07) is 4.73. The zero-order valence-electron chi connectivity index (χ0n) is 8.67. The van der Waals surface area contributed by atoms with Gasteiger partial charge in [-0.1, -0.05) is 11.6 Å². The fourth-order valence-electron chi connectivity index (χ4n) is 1.07. The maximum absolute atomic E-state index is 11.3. The van der Waals surface area contributed by atoms with Crippen molar-refractivity contribution in [1.29, 1.82) is 0 Å². The zero-order chi connectivity index (χ0) is 11.4. The Morgan fingerprint density at radius 1 is 1.47 bits per heavy atom. The number of hydrogen-bond donors (Lipinski definition) is 3. The summed E-state index contributed by atoms with van der Waals surface area (Å²) >= 11 is 5.73. The summed E-state index contributed by atoms with van der Waals surface area (Å²) < 4.78 is 0. The Kier molecular flexibility index (Phi) is 3.80. The lowest BCUT2D eigenvalue weighted by Gasteiger charge is -2.11. The lowest BCUT2D eigenvalue weighted by molar-refractivity contribution is 0.250. The van der Waals surface area contributed by atoms with Crippen molar-refractivity contribution in [2.75, 3.05) is 11.1 Å². The number of benzene rings is 1. The summed E-state index contributed by atoms with van der Waals surface area (Å²) in [5.74, 6) is 0. The predicted octanol–water partition coefficient (Wildman–Crippen LogP) is 2.45. The van der Waals surface area contributed by atoms with Gasteiger partial charge < -0.3 is 16.4 Å². The van der Waals surface area contributed by atoms with Crippen LogP contribution in [0.5, 0.6) is 0 Å². The molecule has 0 spiro atoms. The van der Waals surface area contributed by atoms with E-state index in [2.05, 4.69) is 10.6 Å². The van der Waals surface area contributed by atoms with E-state index in [4.69, 9.17) is 17.3 Å². The number of nitrogens with two attached hydrogens (primary N) is 1. The maximum atomic E-state index is 11.3. The Morgan fingerprint density at radius 2 is 2.13 bits per heavy atom. The summed E-state index contributed by atoms with van der Waals surface area (Å²) in [5.41, 5.74) is 6.67. The molecule has 0 bridgehead atoms. The molecular weight excluding hydrogens is 214 g/mol. The van der Waals surface area contributed by atoms with E-state index in [1.54, 1.807) is 18.2 Å². The summed E-state index contributed by atoms with van der Waals surface area (Å²) in [5, 5.41) is 5.87. The smallest absolute Gasteiger partial charge is 0.319 e. The molecule has 5 heteroatoms. The molecule has 15 heavy (non-hydrogen) atoms. The minimum Gasteiger partial charge on any atom is -0.397 e. The summed E-state index contributed by atoms with van der Waals surface area (Å²) in [4.78, 5) is 11.3. The van der Waals surface area contributed by atoms with Gasteiger partial charge in [0.1, 0.15) is 0 Å². The number of nitrogens with one attached hydrogen (secondary N) is 2. The SMILES string of the molecule is CC(C)NC(=O)Nc1ccc(Cl)cc1N. The fourth-order valence-corrected chi connectivity index (χ4v) is 1.25. The molecule has 0 aliphatic carbocycles. The first kappa shape index (κ1) is 11.7. The molecule has 2 amide bonds. The molecule has 4 nitrogen and oxygen atoms in total. The molecule has 0 saturated carbocycles. The van der Waals surface area contributed by atoms with Crippen molar-refractivity contribution in [3.05, 3.63) is 23.2 Å². The Balaban J connectivity index is 2.68. The minimum absolute atomic E-state index is 0.0820. The maximum Gasteiger partial charge on any atom is 0.319 e. The van der Waals surface area contributed by atoms with Crippen molar-refractivity contribution in [2.45, 2.75) is 19.9 Å². The highest BCUT2D eigenvalue weighted by molar-refractivity contribution is 6.31. The number of nitrogen functional groups attached to an aromatic ring is 1. The summed E-state index contributed by atoms with van der Waals surface area (Å²) in [6.07, 6.45) is 0. The van der Waals surface area contributed by atoms with Crippen molar-refractivity contribution in [3.8, 4) is 0 Å². The van der Waals surface area contributed by atoms with Gasteiger partial charge in [-0.3, -0.25) is 0 Å². The van der Waals surface area contributed by atoms with Gasteiger partial charge in [0, 0.05) is 11.1 Å². The highest BCUT2D eigenvalue weighted by atomic mass is 35.5. The quantitative estimate of drug-likeness (QED) is 0.680. The third-order valence-electron chi connectivity index (χ3n) is 1.68. The fraction of sp³-hybridized carbons (Fsp3) is 0.300. The van der Waals surface area contributed by atoms with Crippen LogP contribution < -0.4 is 16.4 Å². The topological polar surface area (TPSA) is 67.2 Å². The second-order valence-electron chi connectivity index (χ2n) is 3.48. The van der Waals surface area contributed by atoms with E-state index in [1.165, 1.54) is 0 Å². The van der Waals surface area contributed by atoms with Gasteiger partial charge in [0.25, 0.3) is 0 Å². The van der Waals surface area contributed by atoms with Gasteiger partial charge in [-0.15, -0.1) is 0 Å². The molecule has 1 aromatic carbocycles. The van der Waals surface area contributed by atoms with Crippen molar-refractivity contribution in [3.63, 3.8) is 0 Å². The number of carbonyl (C=O) groups excluding carboxylic acids is 1. The number of amides is 2. The molecule has 0 heterocycles. The van der Waals surface area contributed by atoms with Crippen LogP contribution in [-0.2, 0) is 0 Å². The van der Waals surface area contributed by atoms with E-state index < -0.39 is 0 Å². The van der Waals surface area contributed by atoms with Gasteiger partial charge in [0.05, 0.1) is 11.4 Å². The molecule has 0 atom stereocenters. The number of rotatable bonds is 2. The Labute approximate surface area is 93.8 Å². The molecule has 0 saturated heterocycles. The lowest BCUT2D eigenvalue weighted by atomic mass is 10.3. The van der Waals surface area contributed by atoms with Crippen LogP contribution in [0.3, 0.4) is 0 Å². The number of hydrogen-bond acceptors (Lipinski definition) is 2. The van der Waals surface area contributed by atoms with Gasteiger partial charge in [-0.05, 0) is 32.0 Å². The van der Waals surface area contributed by atoms with Gasteiger partial charge in [0.2, 0.25) is 0 Å². The number of anilines is 2. The first-order valence-corrected chi connectivity index (χ1v) is 4.99. The molecule has 0 fully saturated rings. The van der Waals surface area contributed by atoms with Gasteiger partial charge in [-0.2, -0.15) is 0 Å². The lowest BCUT2D eigenvalue weighted by Crippen LogP contribution is -2.34. The molecule has 4 N–H and O–H groups in total. The van der Waals surface area contributed by atoms with Crippen molar-refractivity contribution < 1.29 is 4.79 Å².